The maximum Gasteiger partial charge on any atom is 0.144 e. The Balaban J connectivity index is 2.34. The minimum absolute atomic E-state index is 0.249. The summed E-state index contributed by atoms with van der Waals surface area (Å²) in [6.07, 6.45) is 2.99. The molecule has 108 valence electrons. The van der Waals surface area contributed by atoms with Crippen LogP contribution in [0.15, 0.2) is 22.7 Å². The molecule has 4 N–H and O–H groups in total. The van der Waals surface area contributed by atoms with E-state index < -0.39 is 0 Å². The van der Waals surface area contributed by atoms with Crippen molar-refractivity contribution in [3.63, 3.8) is 0 Å². The normalized spacial score (nSPS) is 14.6. The molecule has 0 saturated heterocycles. The SMILES string of the molecule is CCC(NCCCC(C)(C)C(N)=NO)c1cccs1. The fourth-order valence-corrected chi connectivity index (χ4v) is 2.89. The van der Waals surface area contributed by atoms with E-state index in [1.54, 1.807) is 11.3 Å². The summed E-state index contributed by atoms with van der Waals surface area (Å²) >= 11 is 1.79. The Labute approximate surface area is 119 Å². The quantitative estimate of drug-likeness (QED) is 0.225. The third-order valence-corrected chi connectivity index (χ3v) is 4.45. The van der Waals surface area contributed by atoms with E-state index in [1.165, 1.54) is 4.88 Å². The molecule has 5 heteroatoms. The Morgan fingerprint density at radius 2 is 2.32 bits per heavy atom. The molecule has 0 bridgehead atoms. The summed E-state index contributed by atoms with van der Waals surface area (Å²) in [5.41, 5.74) is 5.43. The Kier molecular flexibility index (Phi) is 6.31. The molecule has 0 aliphatic carbocycles. The number of rotatable bonds is 8. The first kappa shape index (κ1) is 16.0. The van der Waals surface area contributed by atoms with Crippen LogP contribution in [-0.2, 0) is 0 Å². The molecule has 0 saturated carbocycles. The van der Waals surface area contributed by atoms with Crippen LogP contribution in [0.2, 0.25) is 0 Å². The van der Waals surface area contributed by atoms with Crippen molar-refractivity contribution in [3.05, 3.63) is 22.4 Å². The summed E-state index contributed by atoms with van der Waals surface area (Å²) in [4.78, 5) is 1.39. The van der Waals surface area contributed by atoms with Crippen molar-refractivity contribution in [3.8, 4) is 0 Å². The van der Waals surface area contributed by atoms with Gasteiger partial charge in [-0.2, -0.15) is 0 Å². The molecule has 1 aromatic rings. The number of hydrogen-bond donors (Lipinski definition) is 3. The van der Waals surface area contributed by atoms with Crippen LogP contribution >= 0.6 is 11.3 Å². The first-order valence-electron chi connectivity index (χ1n) is 6.76. The number of nitrogens with two attached hydrogens (primary N) is 1. The van der Waals surface area contributed by atoms with E-state index in [1.807, 2.05) is 13.8 Å². The molecule has 1 aromatic heterocycles. The van der Waals surface area contributed by atoms with Crippen LogP contribution in [-0.4, -0.2) is 17.6 Å². The first-order chi connectivity index (χ1) is 9.01. The van der Waals surface area contributed by atoms with E-state index in [-0.39, 0.29) is 5.41 Å². The van der Waals surface area contributed by atoms with Crippen molar-refractivity contribution in [2.45, 2.75) is 46.1 Å². The van der Waals surface area contributed by atoms with E-state index in [0.717, 1.165) is 25.8 Å². The molecule has 0 radical (unpaired) electrons. The minimum atomic E-state index is -0.249. The van der Waals surface area contributed by atoms with Crippen LogP contribution < -0.4 is 11.1 Å². The molecular formula is C14H25N3OS. The number of nitrogens with one attached hydrogen (secondary N) is 1. The molecule has 1 unspecified atom stereocenters. The maximum absolute atomic E-state index is 8.73. The average molecular weight is 283 g/mol. The largest absolute Gasteiger partial charge is 0.409 e. The monoisotopic (exact) mass is 283 g/mol. The van der Waals surface area contributed by atoms with Gasteiger partial charge in [-0.25, -0.2) is 0 Å². The predicted octanol–water partition coefficient (Wildman–Crippen LogP) is 3.34. The zero-order valence-electron chi connectivity index (χ0n) is 12.0. The molecule has 4 nitrogen and oxygen atoms in total. The lowest BCUT2D eigenvalue weighted by Crippen LogP contribution is -2.33. The van der Waals surface area contributed by atoms with Crippen LogP contribution in [0.25, 0.3) is 0 Å². The van der Waals surface area contributed by atoms with Gasteiger partial charge in [-0.3, -0.25) is 0 Å². The minimum Gasteiger partial charge on any atom is -0.409 e. The standard InChI is InChI=1S/C14H25N3OS/c1-4-11(12-7-5-10-19-12)16-9-6-8-14(2,3)13(15)17-18/h5,7,10-11,16,18H,4,6,8-9H2,1-3H3,(H2,15,17). The second-order valence-electron chi connectivity index (χ2n) is 5.40. The van der Waals surface area contributed by atoms with E-state index in [9.17, 15) is 0 Å². The topological polar surface area (TPSA) is 70.6 Å². The lowest BCUT2D eigenvalue weighted by Gasteiger charge is -2.23. The Morgan fingerprint density at radius 3 is 2.84 bits per heavy atom. The summed E-state index contributed by atoms with van der Waals surface area (Å²) < 4.78 is 0. The second-order valence-corrected chi connectivity index (χ2v) is 6.38. The molecule has 19 heavy (non-hydrogen) atoms. The lowest BCUT2D eigenvalue weighted by atomic mass is 9.86. The number of hydrogen-bond acceptors (Lipinski definition) is 4. The molecule has 0 fully saturated rings. The van der Waals surface area contributed by atoms with Crippen LogP contribution in [0.3, 0.4) is 0 Å². The highest BCUT2D eigenvalue weighted by Gasteiger charge is 2.23. The van der Waals surface area contributed by atoms with Crippen molar-refractivity contribution >= 4 is 17.2 Å². The van der Waals surface area contributed by atoms with Crippen LogP contribution in [0.1, 0.15) is 51.0 Å². The van der Waals surface area contributed by atoms with Gasteiger partial charge in [0.2, 0.25) is 0 Å². The van der Waals surface area contributed by atoms with E-state index >= 15 is 0 Å². The summed E-state index contributed by atoms with van der Waals surface area (Å²) in [6.45, 7) is 7.13. The highest BCUT2D eigenvalue weighted by Crippen LogP contribution is 2.24. The average Bonchev–Trinajstić information content (AvgIpc) is 2.91. The van der Waals surface area contributed by atoms with Gasteiger partial charge in [-0.05, 0) is 37.3 Å². The van der Waals surface area contributed by atoms with Gasteiger partial charge in [0.15, 0.2) is 0 Å². The van der Waals surface area contributed by atoms with Crippen LogP contribution in [0.4, 0.5) is 0 Å². The van der Waals surface area contributed by atoms with Gasteiger partial charge in [-0.15, -0.1) is 11.3 Å². The highest BCUT2D eigenvalue weighted by molar-refractivity contribution is 7.10. The van der Waals surface area contributed by atoms with Crippen molar-refractivity contribution < 1.29 is 5.21 Å². The van der Waals surface area contributed by atoms with Gasteiger partial charge in [0, 0.05) is 16.3 Å². The summed E-state index contributed by atoms with van der Waals surface area (Å²) in [5, 5.41) is 17.5. The van der Waals surface area contributed by atoms with E-state index in [4.69, 9.17) is 10.9 Å². The van der Waals surface area contributed by atoms with Gasteiger partial charge in [0.05, 0.1) is 0 Å². The summed E-state index contributed by atoms with van der Waals surface area (Å²) in [7, 11) is 0. The van der Waals surface area contributed by atoms with Gasteiger partial charge < -0.3 is 16.3 Å². The zero-order valence-corrected chi connectivity index (χ0v) is 12.8. The molecule has 1 rings (SSSR count). The first-order valence-corrected chi connectivity index (χ1v) is 7.64. The predicted molar refractivity (Wildman–Crippen MR) is 81.8 cm³/mol. The smallest absolute Gasteiger partial charge is 0.144 e. The molecule has 0 spiro atoms. The van der Waals surface area contributed by atoms with Gasteiger partial charge in [0.25, 0.3) is 0 Å². The Bertz CT molecular complexity index is 387. The molecule has 0 aliphatic heterocycles. The molecular weight excluding hydrogens is 258 g/mol. The van der Waals surface area contributed by atoms with Crippen LogP contribution in [0, 0.1) is 5.41 Å². The number of thiophene rings is 1. The van der Waals surface area contributed by atoms with Gasteiger partial charge in [-0.1, -0.05) is 32.0 Å². The Morgan fingerprint density at radius 1 is 1.58 bits per heavy atom. The zero-order chi connectivity index (χ0) is 14.3. The van der Waals surface area contributed by atoms with Crippen molar-refractivity contribution in [1.29, 1.82) is 0 Å². The third kappa shape index (κ3) is 4.84. The van der Waals surface area contributed by atoms with Gasteiger partial charge in [0.1, 0.15) is 5.84 Å². The fraction of sp³-hybridized carbons (Fsp3) is 0.643. The number of nitrogens with zero attached hydrogens (tertiary/aromatic N) is 1. The molecule has 0 aromatic carbocycles. The van der Waals surface area contributed by atoms with Crippen molar-refractivity contribution in [2.24, 2.45) is 16.3 Å². The lowest BCUT2D eigenvalue weighted by molar-refractivity contribution is 0.304. The molecule has 1 heterocycles. The molecule has 0 amide bonds. The second kappa shape index (κ2) is 7.50. The van der Waals surface area contributed by atoms with Crippen LogP contribution in [0.5, 0.6) is 0 Å². The maximum atomic E-state index is 8.73. The van der Waals surface area contributed by atoms with Crippen molar-refractivity contribution in [2.75, 3.05) is 6.54 Å². The summed E-state index contributed by atoms with van der Waals surface area (Å²) in [5.74, 6) is 0.304. The fourth-order valence-electron chi connectivity index (χ4n) is 2.01. The Hall–Kier alpha value is -1.07. The van der Waals surface area contributed by atoms with E-state index in [2.05, 4.69) is 34.9 Å². The highest BCUT2D eigenvalue weighted by atomic mass is 32.1. The van der Waals surface area contributed by atoms with Crippen molar-refractivity contribution in [1.82, 2.24) is 5.32 Å². The van der Waals surface area contributed by atoms with Gasteiger partial charge >= 0.3 is 0 Å². The third-order valence-electron chi connectivity index (χ3n) is 3.47. The number of amidine groups is 1. The molecule has 0 aliphatic rings. The number of oxime groups is 1. The molecule has 1 atom stereocenters. The van der Waals surface area contributed by atoms with E-state index in [0.29, 0.717) is 11.9 Å². The summed E-state index contributed by atoms with van der Waals surface area (Å²) in [6, 6.07) is 4.70.